The van der Waals surface area contributed by atoms with Crippen LogP contribution < -0.4 is 9.64 Å². The van der Waals surface area contributed by atoms with Crippen LogP contribution in [-0.4, -0.2) is 36.1 Å². The molecule has 1 fully saturated rings. The Hall–Kier alpha value is -3.25. The number of aryl methyl sites for hydroxylation is 1. The summed E-state index contributed by atoms with van der Waals surface area (Å²) in [5, 5.41) is 0. The monoisotopic (exact) mass is 500 g/mol. The fourth-order valence-corrected chi connectivity index (χ4v) is 6.47. The maximum absolute atomic E-state index is 14.3. The molecule has 1 unspecified atom stereocenters. The van der Waals surface area contributed by atoms with Gasteiger partial charge >= 0.3 is 0 Å². The summed E-state index contributed by atoms with van der Waals surface area (Å²) in [6, 6.07) is 21.8. The van der Waals surface area contributed by atoms with E-state index in [-0.39, 0.29) is 17.2 Å². The summed E-state index contributed by atoms with van der Waals surface area (Å²) in [5.41, 5.74) is 5.70. The lowest BCUT2D eigenvalue weighted by Crippen LogP contribution is -2.50. The van der Waals surface area contributed by atoms with E-state index in [2.05, 4.69) is 45.0 Å². The number of thioether (sulfide) groups is 1. The first-order chi connectivity index (χ1) is 17.1. The molecule has 1 saturated heterocycles. The quantitative estimate of drug-likeness (QED) is 0.448. The maximum atomic E-state index is 14.3. The minimum Gasteiger partial charge on any atom is -0.497 e. The fourth-order valence-electron chi connectivity index (χ4n) is 5.02. The Bertz CT molecular complexity index is 1310. The van der Waals surface area contributed by atoms with Crippen LogP contribution in [0.5, 0.6) is 5.75 Å². The highest BCUT2D eigenvalue weighted by molar-refractivity contribution is 8.01. The summed E-state index contributed by atoms with van der Waals surface area (Å²) >= 11 is 1.54. The number of ether oxygens (including phenoxy) is 1. The molecule has 3 aromatic carbocycles. The van der Waals surface area contributed by atoms with Gasteiger partial charge in [-0.2, -0.15) is 0 Å². The van der Waals surface area contributed by atoms with Gasteiger partial charge in [0.1, 0.15) is 5.75 Å². The zero-order valence-corrected chi connectivity index (χ0v) is 22.3. The molecule has 5 nitrogen and oxygen atoms in total. The first-order valence-electron chi connectivity index (χ1n) is 12.3. The summed E-state index contributed by atoms with van der Waals surface area (Å²) in [6.07, 6.45) is 0. The van der Waals surface area contributed by atoms with Gasteiger partial charge < -0.3 is 14.5 Å². The first kappa shape index (κ1) is 24.4. The third-order valence-corrected chi connectivity index (χ3v) is 8.52. The maximum Gasteiger partial charge on any atom is 0.268 e. The molecule has 0 saturated carbocycles. The number of carbonyl (C=O) groups is 2. The van der Waals surface area contributed by atoms with E-state index in [4.69, 9.17) is 4.74 Å². The summed E-state index contributed by atoms with van der Waals surface area (Å²) in [7, 11) is 1.62. The van der Waals surface area contributed by atoms with E-state index in [1.165, 1.54) is 17.3 Å². The number of methoxy groups -OCH3 is 1. The second kappa shape index (κ2) is 9.00. The van der Waals surface area contributed by atoms with E-state index in [1.54, 1.807) is 12.0 Å². The third kappa shape index (κ3) is 3.97. The fraction of sp³-hybridized carbons (Fsp3) is 0.333. The number of hydrogen-bond acceptors (Lipinski definition) is 4. The van der Waals surface area contributed by atoms with Gasteiger partial charge in [0, 0.05) is 23.4 Å². The average Bonchev–Trinajstić information content (AvgIpc) is 3.40. The van der Waals surface area contributed by atoms with Gasteiger partial charge in [0.05, 0.1) is 19.3 Å². The lowest BCUT2D eigenvalue weighted by Gasteiger charge is -2.33. The number of amides is 2. The Labute approximate surface area is 217 Å². The minimum absolute atomic E-state index is 0.0620. The molecule has 0 aliphatic carbocycles. The molecule has 186 valence electrons. The molecule has 6 heteroatoms. The molecule has 1 spiro atoms. The average molecular weight is 501 g/mol. The molecular formula is C30H32N2O3S. The molecule has 2 aliphatic heterocycles. The summed E-state index contributed by atoms with van der Waals surface area (Å²) in [5.74, 6) is 1.16. The van der Waals surface area contributed by atoms with Crippen molar-refractivity contribution < 1.29 is 14.3 Å². The predicted octanol–water partition coefficient (Wildman–Crippen LogP) is 5.89. The summed E-state index contributed by atoms with van der Waals surface area (Å²) < 4.78 is 5.53. The SMILES string of the molecule is COc1ccc2c(c1)C1(SCCN1C(=O)c1ccc(C)cc1)C(=O)N2Cc1ccc(C(C)(C)C)cc1. The van der Waals surface area contributed by atoms with Crippen LogP contribution in [0.1, 0.15) is 53.4 Å². The van der Waals surface area contributed by atoms with E-state index < -0.39 is 4.87 Å². The van der Waals surface area contributed by atoms with Gasteiger partial charge in [-0.1, -0.05) is 62.7 Å². The molecule has 1 atom stereocenters. The van der Waals surface area contributed by atoms with Gasteiger partial charge in [-0.3, -0.25) is 9.59 Å². The standard InChI is InChI=1S/C30H32N2O3S/c1-20-6-10-22(11-7-20)27(33)32-16-17-36-30(32)25-18-24(35-5)14-15-26(25)31(28(30)34)19-21-8-12-23(13-9-21)29(2,3)4/h6-15,18H,16-17,19H2,1-5H3. The minimum atomic E-state index is -1.10. The largest absolute Gasteiger partial charge is 0.497 e. The van der Waals surface area contributed by atoms with Gasteiger partial charge in [-0.15, -0.1) is 11.8 Å². The second-order valence-corrected chi connectivity index (χ2v) is 11.8. The van der Waals surface area contributed by atoms with Crippen LogP contribution in [0.3, 0.4) is 0 Å². The third-order valence-electron chi connectivity index (χ3n) is 7.10. The molecule has 3 aromatic rings. The first-order valence-corrected chi connectivity index (χ1v) is 13.3. The van der Waals surface area contributed by atoms with Crippen LogP contribution >= 0.6 is 11.8 Å². The van der Waals surface area contributed by atoms with Gasteiger partial charge in [-0.25, -0.2) is 0 Å². The molecule has 0 radical (unpaired) electrons. The number of rotatable bonds is 4. The number of anilines is 1. The van der Waals surface area contributed by atoms with Crippen molar-refractivity contribution in [2.75, 3.05) is 24.3 Å². The van der Waals surface area contributed by atoms with Crippen molar-refractivity contribution in [2.45, 2.75) is 44.5 Å². The highest BCUT2D eigenvalue weighted by Crippen LogP contribution is 2.55. The molecule has 0 bridgehead atoms. The van der Waals surface area contributed by atoms with E-state index in [9.17, 15) is 9.59 Å². The van der Waals surface area contributed by atoms with Gasteiger partial charge in [0.25, 0.3) is 11.8 Å². The van der Waals surface area contributed by atoms with Crippen molar-refractivity contribution >= 4 is 29.3 Å². The number of nitrogens with zero attached hydrogens (tertiary/aromatic N) is 2. The van der Waals surface area contributed by atoms with Crippen molar-refractivity contribution in [1.29, 1.82) is 0 Å². The smallest absolute Gasteiger partial charge is 0.268 e. The van der Waals surface area contributed by atoms with Gasteiger partial charge in [-0.05, 0) is 53.8 Å². The van der Waals surface area contributed by atoms with Crippen LogP contribution in [0.2, 0.25) is 0 Å². The van der Waals surface area contributed by atoms with Crippen LogP contribution in [0.4, 0.5) is 5.69 Å². The number of carbonyl (C=O) groups excluding carboxylic acids is 2. The molecule has 0 N–H and O–H groups in total. The lowest BCUT2D eigenvalue weighted by molar-refractivity contribution is -0.123. The van der Waals surface area contributed by atoms with E-state index in [1.807, 2.05) is 54.3 Å². The molecule has 0 aromatic heterocycles. The van der Waals surface area contributed by atoms with Crippen LogP contribution in [-0.2, 0) is 21.6 Å². The Morgan fingerprint density at radius 1 is 1.03 bits per heavy atom. The Morgan fingerprint density at radius 3 is 2.36 bits per heavy atom. The Morgan fingerprint density at radius 2 is 1.72 bits per heavy atom. The van der Waals surface area contributed by atoms with Gasteiger partial charge in [0.15, 0.2) is 4.87 Å². The molecule has 36 heavy (non-hydrogen) atoms. The van der Waals surface area contributed by atoms with Crippen LogP contribution in [0.25, 0.3) is 0 Å². The normalized spacial score (nSPS) is 19.2. The van der Waals surface area contributed by atoms with Crippen molar-refractivity contribution in [3.05, 3.63) is 94.5 Å². The predicted molar refractivity (Wildman–Crippen MR) is 146 cm³/mol. The topological polar surface area (TPSA) is 49.9 Å². The van der Waals surface area contributed by atoms with Crippen molar-refractivity contribution in [2.24, 2.45) is 0 Å². The number of fused-ring (bicyclic) bond motifs is 2. The zero-order chi connectivity index (χ0) is 25.7. The molecule has 2 aliphatic rings. The summed E-state index contributed by atoms with van der Waals surface area (Å²) in [4.78, 5) is 30.5. The molecular weight excluding hydrogens is 468 g/mol. The van der Waals surface area contributed by atoms with Gasteiger partial charge in [0.2, 0.25) is 0 Å². The highest BCUT2D eigenvalue weighted by Gasteiger charge is 2.59. The highest BCUT2D eigenvalue weighted by atomic mass is 32.2. The van der Waals surface area contributed by atoms with Crippen molar-refractivity contribution in [1.82, 2.24) is 4.90 Å². The van der Waals surface area contributed by atoms with E-state index in [0.29, 0.717) is 30.2 Å². The number of benzene rings is 3. The van der Waals surface area contributed by atoms with E-state index in [0.717, 1.165) is 22.4 Å². The molecule has 5 rings (SSSR count). The zero-order valence-electron chi connectivity index (χ0n) is 21.5. The molecule has 2 amide bonds. The van der Waals surface area contributed by atoms with E-state index >= 15 is 0 Å². The van der Waals surface area contributed by atoms with Crippen molar-refractivity contribution in [3.63, 3.8) is 0 Å². The number of hydrogen-bond donors (Lipinski definition) is 0. The summed E-state index contributed by atoms with van der Waals surface area (Å²) in [6.45, 7) is 9.52. The lowest BCUT2D eigenvalue weighted by atomic mass is 9.87. The Kier molecular flexibility index (Phi) is 6.11. The molecule has 2 heterocycles. The van der Waals surface area contributed by atoms with Crippen LogP contribution in [0, 0.1) is 6.92 Å². The Balaban J connectivity index is 1.55. The van der Waals surface area contributed by atoms with Crippen molar-refractivity contribution in [3.8, 4) is 5.75 Å². The van der Waals surface area contributed by atoms with Crippen LogP contribution in [0.15, 0.2) is 66.7 Å². The second-order valence-electron chi connectivity index (χ2n) is 10.5.